The van der Waals surface area contributed by atoms with E-state index in [0.29, 0.717) is 16.5 Å². The summed E-state index contributed by atoms with van der Waals surface area (Å²) in [6.07, 6.45) is -1.09. The van der Waals surface area contributed by atoms with Gasteiger partial charge in [0, 0.05) is 5.02 Å². The summed E-state index contributed by atoms with van der Waals surface area (Å²) >= 11 is 5.89. The van der Waals surface area contributed by atoms with Crippen LogP contribution in [0.1, 0.15) is 17.3 Å². The molecule has 5 nitrogen and oxygen atoms in total. The Balaban J connectivity index is 2.05. The maximum atomic E-state index is 13.1. The molecular formula is C17H15ClFNO4. The zero-order valence-electron chi connectivity index (χ0n) is 13.0. The standard InChI is InChI=1S/C17H15ClFNO4/c1-10(24-17(22)11-4-3-5-13(19)8-11)16(21)20-14-9-12(18)6-7-15(14)23-2/h3-10H,1-2H3,(H,20,21)/t10-/m0/s1. The molecule has 0 heterocycles. The van der Waals surface area contributed by atoms with Crippen molar-refractivity contribution in [3.63, 3.8) is 0 Å². The molecule has 0 saturated heterocycles. The van der Waals surface area contributed by atoms with Crippen LogP contribution in [0.5, 0.6) is 5.75 Å². The Kier molecular flexibility index (Phi) is 5.76. The SMILES string of the molecule is COc1ccc(Cl)cc1NC(=O)[C@H](C)OC(=O)c1cccc(F)c1. The van der Waals surface area contributed by atoms with Gasteiger partial charge in [-0.05, 0) is 43.3 Å². The molecule has 1 atom stereocenters. The molecule has 2 aromatic carbocycles. The Morgan fingerprint density at radius 3 is 2.62 bits per heavy atom. The van der Waals surface area contributed by atoms with Crippen LogP contribution >= 0.6 is 11.6 Å². The first-order chi connectivity index (χ1) is 11.4. The number of hydrogen-bond acceptors (Lipinski definition) is 4. The van der Waals surface area contributed by atoms with Gasteiger partial charge >= 0.3 is 5.97 Å². The van der Waals surface area contributed by atoms with Crippen molar-refractivity contribution in [1.82, 2.24) is 0 Å². The molecule has 1 N–H and O–H groups in total. The van der Waals surface area contributed by atoms with Gasteiger partial charge in [0.15, 0.2) is 6.10 Å². The van der Waals surface area contributed by atoms with Gasteiger partial charge in [0.05, 0.1) is 18.4 Å². The quantitative estimate of drug-likeness (QED) is 0.835. The van der Waals surface area contributed by atoms with Gasteiger partial charge < -0.3 is 14.8 Å². The largest absolute Gasteiger partial charge is 0.495 e. The van der Waals surface area contributed by atoms with E-state index in [1.165, 1.54) is 38.3 Å². The number of amides is 1. The molecule has 2 aromatic rings. The monoisotopic (exact) mass is 351 g/mol. The number of carbonyl (C=O) groups excluding carboxylic acids is 2. The number of nitrogens with one attached hydrogen (secondary N) is 1. The smallest absolute Gasteiger partial charge is 0.339 e. The third kappa shape index (κ3) is 4.45. The van der Waals surface area contributed by atoms with Gasteiger partial charge in [0.25, 0.3) is 5.91 Å². The van der Waals surface area contributed by atoms with E-state index in [9.17, 15) is 14.0 Å². The fourth-order valence-electron chi connectivity index (χ4n) is 1.91. The molecule has 0 unspecified atom stereocenters. The van der Waals surface area contributed by atoms with Crippen LogP contribution in [0.3, 0.4) is 0 Å². The highest BCUT2D eigenvalue weighted by Gasteiger charge is 2.20. The molecular weight excluding hydrogens is 337 g/mol. The van der Waals surface area contributed by atoms with Crippen LogP contribution in [0.25, 0.3) is 0 Å². The minimum absolute atomic E-state index is 0.0231. The zero-order valence-corrected chi connectivity index (χ0v) is 13.8. The second kappa shape index (κ2) is 7.79. The van der Waals surface area contributed by atoms with Crippen molar-refractivity contribution < 1.29 is 23.5 Å². The lowest BCUT2D eigenvalue weighted by molar-refractivity contribution is -0.123. The van der Waals surface area contributed by atoms with E-state index >= 15 is 0 Å². The number of ether oxygens (including phenoxy) is 2. The molecule has 2 rings (SSSR count). The van der Waals surface area contributed by atoms with E-state index in [-0.39, 0.29) is 5.56 Å². The number of halogens is 2. The molecule has 7 heteroatoms. The molecule has 0 spiro atoms. The Labute approximate surface area is 143 Å². The second-order valence-corrected chi connectivity index (χ2v) is 5.33. The van der Waals surface area contributed by atoms with E-state index in [0.717, 1.165) is 6.07 Å². The minimum Gasteiger partial charge on any atom is -0.495 e. The summed E-state index contributed by atoms with van der Waals surface area (Å²) in [5.74, 6) is -1.52. The van der Waals surface area contributed by atoms with Crippen molar-refractivity contribution in [3.8, 4) is 5.75 Å². The number of anilines is 1. The van der Waals surface area contributed by atoms with Crippen molar-refractivity contribution >= 4 is 29.2 Å². The van der Waals surface area contributed by atoms with Crippen molar-refractivity contribution in [3.05, 3.63) is 58.9 Å². The van der Waals surface area contributed by atoms with Gasteiger partial charge in [0.2, 0.25) is 0 Å². The van der Waals surface area contributed by atoms with E-state index in [1.807, 2.05) is 0 Å². The molecule has 1 amide bonds. The highest BCUT2D eigenvalue weighted by atomic mass is 35.5. The van der Waals surface area contributed by atoms with Crippen LogP contribution in [-0.2, 0) is 9.53 Å². The summed E-state index contributed by atoms with van der Waals surface area (Å²) in [6, 6.07) is 9.75. The maximum Gasteiger partial charge on any atom is 0.339 e. The number of hydrogen-bond donors (Lipinski definition) is 1. The maximum absolute atomic E-state index is 13.1. The summed E-state index contributed by atoms with van der Waals surface area (Å²) in [4.78, 5) is 24.1. The summed E-state index contributed by atoms with van der Waals surface area (Å²) < 4.78 is 23.3. The van der Waals surface area contributed by atoms with Crippen LogP contribution in [0.2, 0.25) is 5.02 Å². The van der Waals surface area contributed by atoms with Crippen molar-refractivity contribution in [2.75, 3.05) is 12.4 Å². The van der Waals surface area contributed by atoms with Crippen molar-refractivity contribution in [2.45, 2.75) is 13.0 Å². The van der Waals surface area contributed by atoms with Gasteiger partial charge in [-0.2, -0.15) is 0 Å². The number of rotatable bonds is 5. The third-order valence-corrected chi connectivity index (χ3v) is 3.37. The molecule has 24 heavy (non-hydrogen) atoms. The molecule has 0 saturated carbocycles. The van der Waals surface area contributed by atoms with Gasteiger partial charge in [-0.15, -0.1) is 0 Å². The van der Waals surface area contributed by atoms with Crippen molar-refractivity contribution in [2.24, 2.45) is 0 Å². The molecule has 0 aromatic heterocycles. The van der Waals surface area contributed by atoms with Gasteiger partial charge in [0.1, 0.15) is 11.6 Å². The summed E-state index contributed by atoms with van der Waals surface area (Å²) in [5.41, 5.74) is 0.374. The lowest BCUT2D eigenvalue weighted by Crippen LogP contribution is -2.30. The fraction of sp³-hybridized carbons (Fsp3) is 0.176. The van der Waals surface area contributed by atoms with Crippen molar-refractivity contribution in [1.29, 1.82) is 0 Å². The normalized spacial score (nSPS) is 11.5. The Morgan fingerprint density at radius 1 is 1.21 bits per heavy atom. The number of methoxy groups -OCH3 is 1. The van der Waals surface area contributed by atoms with E-state index < -0.39 is 23.8 Å². The van der Waals surface area contributed by atoms with E-state index in [4.69, 9.17) is 21.1 Å². The van der Waals surface area contributed by atoms with E-state index in [1.54, 1.807) is 12.1 Å². The Hall–Kier alpha value is -2.60. The molecule has 0 aliphatic rings. The lowest BCUT2D eigenvalue weighted by atomic mass is 10.2. The van der Waals surface area contributed by atoms with Gasteiger partial charge in [-0.3, -0.25) is 4.79 Å². The van der Waals surface area contributed by atoms with Crippen LogP contribution in [0.15, 0.2) is 42.5 Å². The third-order valence-electron chi connectivity index (χ3n) is 3.13. The van der Waals surface area contributed by atoms with Crippen LogP contribution < -0.4 is 10.1 Å². The summed E-state index contributed by atoms with van der Waals surface area (Å²) in [5, 5.41) is 2.98. The average molecular weight is 352 g/mol. The molecule has 0 fully saturated rings. The lowest BCUT2D eigenvalue weighted by Gasteiger charge is -2.15. The summed E-state index contributed by atoms with van der Waals surface area (Å²) in [6.45, 7) is 1.41. The fourth-order valence-corrected chi connectivity index (χ4v) is 2.08. The Bertz CT molecular complexity index is 766. The number of carbonyl (C=O) groups is 2. The molecule has 126 valence electrons. The first kappa shape index (κ1) is 17.7. The van der Waals surface area contributed by atoms with Crippen LogP contribution in [0, 0.1) is 5.82 Å². The first-order valence-corrected chi connectivity index (χ1v) is 7.39. The van der Waals surface area contributed by atoms with E-state index in [2.05, 4.69) is 5.32 Å². The highest BCUT2D eigenvalue weighted by Crippen LogP contribution is 2.27. The van der Waals surface area contributed by atoms with Gasteiger partial charge in [-0.25, -0.2) is 9.18 Å². The number of esters is 1. The average Bonchev–Trinajstić information content (AvgIpc) is 2.55. The molecule has 0 aliphatic heterocycles. The highest BCUT2D eigenvalue weighted by molar-refractivity contribution is 6.31. The van der Waals surface area contributed by atoms with Crippen LogP contribution in [0.4, 0.5) is 10.1 Å². The van der Waals surface area contributed by atoms with Gasteiger partial charge in [-0.1, -0.05) is 17.7 Å². The molecule has 0 aliphatic carbocycles. The molecule has 0 radical (unpaired) electrons. The topological polar surface area (TPSA) is 64.6 Å². The minimum atomic E-state index is -1.09. The predicted octanol–water partition coefficient (Wildman–Crippen LogP) is 3.67. The first-order valence-electron chi connectivity index (χ1n) is 7.01. The van der Waals surface area contributed by atoms with Crippen LogP contribution in [-0.4, -0.2) is 25.1 Å². The predicted molar refractivity (Wildman–Crippen MR) is 87.9 cm³/mol. The number of benzene rings is 2. The zero-order chi connectivity index (χ0) is 17.7. The Morgan fingerprint density at radius 2 is 1.96 bits per heavy atom. The second-order valence-electron chi connectivity index (χ2n) is 4.89. The molecule has 0 bridgehead atoms. The summed E-state index contributed by atoms with van der Waals surface area (Å²) in [7, 11) is 1.45.